The lowest BCUT2D eigenvalue weighted by atomic mass is 9.99. The van der Waals surface area contributed by atoms with Gasteiger partial charge in [0.2, 0.25) is 11.8 Å². The van der Waals surface area contributed by atoms with Crippen LogP contribution in [0.3, 0.4) is 0 Å². The van der Waals surface area contributed by atoms with Crippen LogP contribution < -0.4 is 5.32 Å². The molecule has 8 heteroatoms. The Hall–Kier alpha value is -5.13. The molecular formula is C35H33N5O3. The molecular weight excluding hydrogens is 538 g/mol. The summed E-state index contributed by atoms with van der Waals surface area (Å²) in [7, 11) is 0. The van der Waals surface area contributed by atoms with Crippen LogP contribution in [0.5, 0.6) is 0 Å². The Morgan fingerprint density at radius 2 is 1.56 bits per heavy atom. The van der Waals surface area contributed by atoms with Gasteiger partial charge in [-0.05, 0) is 27.5 Å². The number of benzene rings is 4. The number of rotatable bonds is 8. The lowest BCUT2D eigenvalue weighted by Gasteiger charge is -2.46. The zero-order valence-electron chi connectivity index (χ0n) is 23.8. The van der Waals surface area contributed by atoms with Crippen LogP contribution in [0.15, 0.2) is 103 Å². The molecule has 0 radical (unpaired) electrons. The maximum Gasteiger partial charge on any atom is 0.333 e. The minimum Gasteiger partial charge on any atom is -0.333 e. The van der Waals surface area contributed by atoms with E-state index in [0.29, 0.717) is 19.5 Å². The van der Waals surface area contributed by atoms with Gasteiger partial charge in [0.15, 0.2) is 0 Å². The maximum absolute atomic E-state index is 14.1. The molecule has 0 saturated carbocycles. The standard InChI is InChI=1S/C35H33N5O3/c1-2-20-38(35(43)36-22-27-14-7-4-8-15-27)39-25-33(41)40-31(21-26-12-5-3-6-13-26)34(42)37(24-32(39)40)23-29-18-11-17-28-16-9-10-19-30(28)29/h1,3-19,31-32H,20-25H2,(H,36,43)/t31-,32+/m0/s1. The van der Waals surface area contributed by atoms with Crippen molar-refractivity contribution in [3.63, 3.8) is 0 Å². The molecule has 8 nitrogen and oxygen atoms in total. The maximum atomic E-state index is 14.1. The van der Waals surface area contributed by atoms with Gasteiger partial charge in [-0.3, -0.25) is 9.59 Å². The highest BCUT2D eigenvalue weighted by Gasteiger charge is 2.52. The van der Waals surface area contributed by atoms with E-state index >= 15 is 0 Å². The Kier molecular flexibility index (Phi) is 8.07. The highest BCUT2D eigenvalue weighted by atomic mass is 16.2. The summed E-state index contributed by atoms with van der Waals surface area (Å²) < 4.78 is 0. The quantitative estimate of drug-likeness (QED) is 0.324. The van der Waals surface area contributed by atoms with E-state index in [1.165, 1.54) is 5.01 Å². The zero-order chi connectivity index (χ0) is 29.8. The molecule has 2 heterocycles. The monoisotopic (exact) mass is 571 g/mol. The van der Waals surface area contributed by atoms with Crippen molar-refractivity contribution in [2.75, 3.05) is 19.6 Å². The minimum absolute atomic E-state index is 0.0150. The molecule has 4 amide bonds. The van der Waals surface area contributed by atoms with E-state index < -0.39 is 18.2 Å². The smallest absolute Gasteiger partial charge is 0.333 e. The highest BCUT2D eigenvalue weighted by molar-refractivity contribution is 5.92. The predicted molar refractivity (Wildman–Crippen MR) is 165 cm³/mol. The molecule has 4 aromatic rings. The van der Waals surface area contributed by atoms with Crippen LogP contribution in [0.1, 0.15) is 16.7 Å². The second-order valence-electron chi connectivity index (χ2n) is 10.8. The summed E-state index contributed by atoms with van der Waals surface area (Å²) in [5.41, 5.74) is 2.93. The van der Waals surface area contributed by atoms with Crippen molar-refractivity contribution >= 4 is 28.6 Å². The van der Waals surface area contributed by atoms with Gasteiger partial charge in [-0.2, -0.15) is 5.01 Å². The van der Waals surface area contributed by atoms with Crippen LogP contribution >= 0.6 is 0 Å². The summed E-state index contributed by atoms with van der Waals surface area (Å²) in [5.74, 6) is 2.26. The fourth-order valence-electron chi connectivity index (χ4n) is 6.09. The summed E-state index contributed by atoms with van der Waals surface area (Å²) in [5, 5.41) is 8.27. The van der Waals surface area contributed by atoms with Crippen LogP contribution in [0.25, 0.3) is 10.8 Å². The van der Waals surface area contributed by atoms with E-state index in [4.69, 9.17) is 6.42 Å². The van der Waals surface area contributed by atoms with Crippen LogP contribution in [-0.2, 0) is 29.1 Å². The predicted octanol–water partition coefficient (Wildman–Crippen LogP) is 4.02. The van der Waals surface area contributed by atoms with E-state index in [1.807, 2.05) is 89.8 Å². The van der Waals surface area contributed by atoms with E-state index in [-0.39, 0.29) is 31.4 Å². The molecule has 0 spiro atoms. The number of terminal acetylenes is 1. The van der Waals surface area contributed by atoms with Crippen LogP contribution in [-0.4, -0.2) is 69.5 Å². The molecule has 2 aliphatic rings. The van der Waals surface area contributed by atoms with Gasteiger partial charge < -0.3 is 15.1 Å². The molecule has 1 N–H and O–H groups in total. The second kappa shape index (κ2) is 12.4. The molecule has 2 aliphatic heterocycles. The number of nitrogens with one attached hydrogen (secondary N) is 1. The van der Waals surface area contributed by atoms with Gasteiger partial charge in [-0.15, -0.1) is 6.42 Å². The summed E-state index contributed by atoms with van der Waals surface area (Å²) in [4.78, 5) is 44.7. The van der Waals surface area contributed by atoms with Crippen molar-refractivity contribution in [2.24, 2.45) is 0 Å². The minimum atomic E-state index is -0.714. The van der Waals surface area contributed by atoms with Crippen LogP contribution in [0.4, 0.5) is 4.79 Å². The molecule has 0 unspecified atom stereocenters. The first-order chi connectivity index (χ1) is 21.0. The molecule has 0 aliphatic carbocycles. The SMILES string of the molecule is C#CCN(C(=O)NCc1ccccc1)N1CC(=O)N2[C@@H](Cc3ccccc3)C(=O)N(Cc3cccc4ccccc34)C[C@@H]21. The summed E-state index contributed by atoms with van der Waals surface area (Å²) in [6.07, 6.45) is 5.54. The number of hydrazine groups is 1. The van der Waals surface area contributed by atoms with Crippen molar-refractivity contribution in [3.8, 4) is 12.3 Å². The summed E-state index contributed by atoms with van der Waals surface area (Å²) >= 11 is 0. The van der Waals surface area contributed by atoms with Crippen molar-refractivity contribution in [3.05, 3.63) is 120 Å². The lowest BCUT2D eigenvalue weighted by Crippen LogP contribution is -2.66. The first-order valence-corrected chi connectivity index (χ1v) is 14.4. The number of piperazine rings is 1. The Labute approximate surface area is 251 Å². The average molecular weight is 572 g/mol. The third kappa shape index (κ3) is 5.81. The van der Waals surface area contributed by atoms with Gasteiger partial charge in [0.05, 0.1) is 19.6 Å². The van der Waals surface area contributed by atoms with Gasteiger partial charge in [-0.1, -0.05) is 109 Å². The normalized spacial score (nSPS) is 18.4. The van der Waals surface area contributed by atoms with Gasteiger partial charge in [0, 0.05) is 19.5 Å². The number of carbonyl (C=O) groups is 3. The average Bonchev–Trinajstić information content (AvgIpc) is 3.36. The third-order valence-electron chi connectivity index (χ3n) is 8.15. The first kappa shape index (κ1) is 28.0. The zero-order valence-corrected chi connectivity index (χ0v) is 23.8. The van der Waals surface area contributed by atoms with E-state index in [2.05, 4.69) is 29.4 Å². The number of amides is 4. The fourth-order valence-corrected chi connectivity index (χ4v) is 6.09. The Morgan fingerprint density at radius 3 is 2.30 bits per heavy atom. The first-order valence-electron chi connectivity index (χ1n) is 14.4. The van der Waals surface area contributed by atoms with E-state index in [1.54, 1.807) is 9.91 Å². The molecule has 0 bridgehead atoms. The number of hydrogen-bond donors (Lipinski definition) is 1. The van der Waals surface area contributed by atoms with Crippen molar-refractivity contribution in [1.82, 2.24) is 25.1 Å². The van der Waals surface area contributed by atoms with Crippen LogP contribution in [0, 0.1) is 12.3 Å². The topological polar surface area (TPSA) is 76.2 Å². The number of fused-ring (bicyclic) bond motifs is 2. The number of carbonyl (C=O) groups excluding carboxylic acids is 3. The summed E-state index contributed by atoms with van der Waals surface area (Å²) in [6, 6.07) is 32.4. The third-order valence-corrected chi connectivity index (χ3v) is 8.15. The summed E-state index contributed by atoms with van der Waals surface area (Å²) in [6.45, 7) is 0.878. The van der Waals surface area contributed by atoms with Crippen molar-refractivity contribution in [2.45, 2.75) is 31.7 Å². The van der Waals surface area contributed by atoms with E-state index in [9.17, 15) is 14.4 Å². The Morgan fingerprint density at radius 1 is 0.884 bits per heavy atom. The van der Waals surface area contributed by atoms with Gasteiger partial charge in [0.25, 0.3) is 0 Å². The van der Waals surface area contributed by atoms with Gasteiger partial charge >= 0.3 is 6.03 Å². The molecule has 0 aromatic heterocycles. The number of nitrogens with zero attached hydrogens (tertiary/aromatic N) is 4. The molecule has 43 heavy (non-hydrogen) atoms. The lowest BCUT2D eigenvalue weighted by molar-refractivity contribution is -0.157. The Balaban J connectivity index is 1.31. The van der Waals surface area contributed by atoms with Crippen LogP contribution in [0.2, 0.25) is 0 Å². The Bertz CT molecular complexity index is 1660. The highest BCUT2D eigenvalue weighted by Crippen LogP contribution is 2.31. The number of urea groups is 1. The largest absolute Gasteiger partial charge is 0.333 e. The molecule has 6 rings (SSSR count). The molecule has 2 saturated heterocycles. The van der Waals surface area contributed by atoms with Crippen molar-refractivity contribution < 1.29 is 14.4 Å². The fraction of sp³-hybridized carbons (Fsp3) is 0.229. The van der Waals surface area contributed by atoms with Gasteiger partial charge in [-0.25, -0.2) is 9.80 Å². The van der Waals surface area contributed by atoms with Gasteiger partial charge in [0.1, 0.15) is 12.2 Å². The molecule has 2 atom stereocenters. The second-order valence-corrected chi connectivity index (χ2v) is 10.8. The van der Waals surface area contributed by atoms with E-state index in [0.717, 1.165) is 27.5 Å². The molecule has 216 valence electrons. The van der Waals surface area contributed by atoms with Crippen molar-refractivity contribution in [1.29, 1.82) is 0 Å². The number of hydrogen-bond acceptors (Lipinski definition) is 4. The molecule has 2 fully saturated rings. The molecule has 4 aromatic carbocycles.